The van der Waals surface area contributed by atoms with Crippen molar-refractivity contribution in [2.45, 2.75) is 69.6 Å². The zero-order valence-electron chi connectivity index (χ0n) is 26.5. The summed E-state index contributed by atoms with van der Waals surface area (Å²) in [6.07, 6.45) is 5.66. The highest BCUT2D eigenvalue weighted by molar-refractivity contribution is 7.86. The van der Waals surface area contributed by atoms with Crippen molar-refractivity contribution in [1.29, 1.82) is 0 Å². The fraction of sp³-hybridized carbons (Fsp3) is 0.656. The van der Waals surface area contributed by atoms with Crippen molar-refractivity contribution in [3.8, 4) is 11.8 Å². The lowest BCUT2D eigenvalue weighted by Gasteiger charge is -2.39. The number of carbonyl (C=O) groups excluding carboxylic acids is 2. The van der Waals surface area contributed by atoms with E-state index in [1.165, 1.54) is 9.13 Å². The Labute approximate surface area is 270 Å². The first kappa shape index (κ1) is 32.9. The maximum absolute atomic E-state index is 13.1. The van der Waals surface area contributed by atoms with Crippen LogP contribution in [0.4, 0.5) is 0 Å². The maximum atomic E-state index is 13.1. The third-order valence-corrected chi connectivity index (χ3v) is 12.0. The summed E-state index contributed by atoms with van der Waals surface area (Å²) < 4.78 is 38.5. The summed E-state index contributed by atoms with van der Waals surface area (Å²) in [6, 6.07) is 4.84. The number of ether oxygens (including phenoxy) is 1. The Bertz CT molecular complexity index is 1670. The van der Waals surface area contributed by atoms with E-state index in [0.717, 1.165) is 58.2 Å². The average Bonchev–Trinajstić information content (AvgIpc) is 3.30. The summed E-state index contributed by atoms with van der Waals surface area (Å²) in [7, 11) is -1.73. The highest BCUT2D eigenvalue weighted by Gasteiger charge is 2.35. The number of nitrogens with two attached hydrogens (primary N) is 1. The molecule has 1 aromatic carbocycles. The van der Waals surface area contributed by atoms with Crippen LogP contribution in [0, 0.1) is 17.8 Å². The third-order valence-electron chi connectivity index (χ3n) is 10.0. The highest BCUT2D eigenvalue weighted by Crippen LogP contribution is 2.27. The molecule has 4 fully saturated rings. The van der Waals surface area contributed by atoms with E-state index in [-0.39, 0.29) is 43.2 Å². The number of piperidine rings is 4. The molecule has 5 heterocycles. The molecule has 0 saturated carbocycles. The summed E-state index contributed by atoms with van der Waals surface area (Å²) in [5.41, 5.74) is 7.58. The van der Waals surface area contributed by atoms with Gasteiger partial charge in [0.05, 0.1) is 22.7 Å². The van der Waals surface area contributed by atoms with Crippen LogP contribution in [0.3, 0.4) is 0 Å². The van der Waals surface area contributed by atoms with Crippen LogP contribution in [0.25, 0.3) is 11.0 Å². The maximum Gasteiger partial charge on any atom is 0.329 e. The molecule has 0 radical (unpaired) electrons. The molecular weight excluding hydrogens is 610 g/mol. The number of benzene rings is 1. The van der Waals surface area contributed by atoms with Crippen LogP contribution in [0.5, 0.6) is 0 Å². The van der Waals surface area contributed by atoms with Crippen LogP contribution < -0.4 is 16.7 Å². The Hall–Kier alpha value is -3.06. The number of nitrogens with zero attached hydrogens (tertiary/aromatic N) is 5. The monoisotopic (exact) mass is 655 g/mol. The molecule has 4 aliphatic heterocycles. The second-order valence-corrected chi connectivity index (χ2v) is 15.0. The van der Waals surface area contributed by atoms with E-state index in [4.69, 9.17) is 10.5 Å². The molecule has 0 spiro atoms. The van der Waals surface area contributed by atoms with Crippen molar-refractivity contribution in [2.24, 2.45) is 18.7 Å². The first-order chi connectivity index (χ1) is 22.1. The second-order valence-electron chi connectivity index (χ2n) is 13.1. The molecule has 4 saturated heterocycles. The molecule has 250 valence electrons. The van der Waals surface area contributed by atoms with E-state index in [1.807, 2.05) is 12.1 Å². The zero-order chi connectivity index (χ0) is 32.4. The number of likely N-dealkylation sites (tertiary alicyclic amines) is 1. The molecule has 1 atom stereocenters. The van der Waals surface area contributed by atoms with E-state index < -0.39 is 22.2 Å². The highest BCUT2D eigenvalue weighted by atomic mass is 32.2. The first-order valence-electron chi connectivity index (χ1n) is 16.5. The van der Waals surface area contributed by atoms with Gasteiger partial charge in [0.15, 0.2) is 0 Å². The van der Waals surface area contributed by atoms with Crippen molar-refractivity contribution < 1.29 is 22.7 Å². The van der Waals surface area contributed by atoms with Crippen molar-refractivity contribution in [1.82, 2.24) is 28.0 Å². The number of amides is 2. The fourth-order valence-electron chi connectivity index (χ4n) is 7.28. The number of hydrogen-bond donors (Lipinski definition) is 2. The summed E-state index contributed by atoms with van der Waals surface area (Å²) >= 11 is 0. The van der Waals surface area contributed by atoms with Crippen LogP contribution in [0.2, 0.25) is 0 Å². The minimum Gasteiger partial charge on any atom is -0.365 e. The predicted molar refractivity (Wildman–Crippen MR) is 173 cm³/mol. The van der Waals surface area contributed by atoms with Crippen LogP contribution in [0.15, 0.2) is 23.0 Å². The SMILES string of the molecule is Cn1c(=O)n(C2CCC(=O)NC2=O)c2cccc(C#CCOC3CCN(CC4CCN(S(=O)(=O)N5CCC(N)CC5)CC4)CC3)c21. The van der Waals surface area contributed by atoms with Gasteiger partial charge in [0.25, 0.3) is 10.2 Å². The van der Waals surface area contributed by atoms with Gasteiger partial charge in [0.2, 0.25) is 11.8 Å². The molecule has 4 aliphatic rings. The number of nitrogens with one attached hydrogen (secondary N) is 1. The Balaban J connectivity index is 0.966. The van der Waals surface area contributed by atoms with Gasteiger partial charge in [0, 0.05) is 65.3 Å². The number of imidazole rings is 1. The van der Waals surface area contributed by atoms with E-state index in [1.54, 1.807) is 21.7 Å². The van der Waals surface area contributed by atoms with Crippen molar-refractivity contribution in [3.05, 3.63) is 34.2 Å². The standard InChI is InChI=1S/C32H45N7O6S/c1-35-30-24(4-2-6-27(30)39(32(35)42)28-7-8-29(40)34-31(28)41)5-3-21-45-26-13-15-36(16-14-26)22-23-9-17-37(18-10-23)46(43,44)38-19-11-25(33)12-20-38/h2,4,6,23,25-26,28H,7-22,33H2,1H3,(H,34,40,41). The lowest BCUT2D eigenvalue weighted by Crippen LogP contribution is -2.51. The van der Waals surface area contributed by atoms with Crippen LogP contribution in [-0.2, 0) is 31.6 Å². The summed E-state index contributed by atoms with van der Waals surface area (Å²) in [5.74, 6) is 5.98. The summed E-state index contributed by atoms with van der Waals surface area (Å²) in [5, 5.41) is 2.34. The van der Waals surface area contributed by atoms with Gasteiger partial charge in [-0.3, -0.25) is 24.0 Å². The Kier molecular flexibility index (Phi) is 9.98. The van der Waals surface area contributed by atoms with Crippen LogP contribution in [-0.4, -0.2) is 107 Å². The number of imide groups is 1. The Morgan fingerprint density at radius 1 is 0.935 bits per heavy atom. The van der Waals surface area contributed by atoms with E-state index in [0.29, 0.717) is 48.7 Å². The van der Waals surface area contributed by atoms with Crippen molar-refractivity contribution in [3.63, 3.8) is 0 Å². The van der Waals surface area contributed by atoms with Crippen molar-refractivity contribution in [2.75, 3.05) is 52.4 Å². The van der Waals surface area contributed by atoms with Gasteiger partial charge in [0.1, 0.15) is 12.6 Å². The number of rotatable bonds is 7. The predicted octanol–water partition coefficient (Wildman–Crippen LogP) is 0.530. The molecule has 13 nitrogen and oxygen atoms in total. The van der Waals surface area contributed by atoms with Gasteiger partial charge in [-0.2, -0.15) is 17.0 Å². The average molecular weight is 656 g/mol. The normalized spacial score (nSPS) is 23.8. The largest absolute Gasteiger partial charge is 0.365 e. The Morgan fingerprint density at radius 2 is 1.61 bits per heavy atom. The minimum atomic E-state index is -3.39. The quantitative estimate of drug-likeness (QED) is 0.324. The number of fused-ring (bicyclic) bond motifs is 1. The molecule has 2 aromatic rings. The molecule has 3 N–H and O–H groups in total. The number of aryl methyl sites for hydroxylation is 1. The van der Waals surface area contributed by atoms with Gasteiger partial charge in [-0.15, -0.1) is 0 Å². The van der Waals surface area contributed by atoms with Gasteiger partial charge >= 0.3 is 5.69 Å². The smallest absolute Gasteiger partial charge is 0.329 e. The van der Waals surface area contributed by atoms with Crippen LogP contribution in [0.1, 0.15) is 63.0 Å². The summed E-state index contributed by atoms with van der Waals surface area (Å²) in [4.78, 5) is 39.7. The number of aromatic nitrogens is 2. The van der Waals surface area contributed by atoms with Gasteiger partial charge in [-0.05, 0) is 63.0 Å². The van der Waals surface area contributed by atoms with Gasteiger partial charge in [-0.25, -0.2) is 4.79 Å². The molecule has 46 heavy (non-hydrogen) atoms. The zero-order valence-corrected chi connectivity index (χ0v) is 27.3. The number of para-hydroxylation sites is 1. The third kappa shape index (κ3) is 6.95. The molecule has 14 heteroatoms. The molecule has 6 rings (SSSR count). The van der Waals surface area contributed by atoms with E-state index in [9.17, 15) is 22.8 Å². The van der Waals surface area contributed by atoms with Crippen molar-refractivity contribution >= 4 is 33.1 Å². The second kappa shape index (κ2) is 14.0. The molecule has 2 amide bonds. The molecule has 1 unspecified atom stereocenters. The molecular formula is C32H45N7O6S. The molecule has 0 aliphatic carbocycles. The van der Waals surface area contributed by atoms with Crippen LogP contribution >= 0.6 is 0 Å². The number of carbonyl (C=O) groups is 2. The van der Waals surface area contributed by atoms with Gasteiger partial charge < -0.3 is 15.4 Å². The first-order valence-corrected chi connectivity index (χ1v) is 17.9. The summed E-state index contributed by atoms with van der Waals surface area (Å²) in [6.45, 7) is 5.35. The Morgan fingerprint density at radius 3 is 2.28 bits per heavy atom. The minimum absolute atomic E-state index is 0.104. The lowest BCUT2D eigenvalue weighted by molar-refractivity contribution is -0.135. The lowest BCUT2D eigenvalue weighted by atomic mass is 9.96. The molecule has 1 aromatic heterocycles. The topological polar surface area (TPSA) is 152 Å². The van der Waals surface area contributed by atoms with E-state index >= 15 is 0 Å². The van der Waals surface area contributed by atoms with E-state index in [2.05, 4.69) is 22.1 Å². The molecule has 0 bridgehead atoms. The van der Waals surface area contributed by atoms with Gasteiger partial charge in [-0.1, -0.05) is 17.9 Å². The number of hydrogen-bond acceptors (Lipinski definition) is 8. The fourth-order valence-corrected chi connectivity index (χ4v) is 8.95.